The number of nitrogens with zero attached hydrogens (tertiary/aromatic N) is 1. The number of pyridine rings is 1. The molecule has 0 saturated carbocycles. The molecule has 0 saturated heterocycles. The van der Waals surface area contributed by atoms with Gasteiger partial charge in [0, 0.05) is 36.7 Å². The van der Waals surface area contributed by atoms with Gasteiger partial charge in [0.05, 0.1) is 13.6 Å². The molecule has 0 fully saturated rings. The van der Waals surface area contributed by atoms with E-state index in [4.69, 9.17) is 12.6 Å². The molecule has 40 heavy (non-hydrogen) atoms. The summed E-state index contributed by atoms with van der Waals surface area (Å²) in [6, 6.07) is 23.5. The molecule has 4 aromatic carbocycles. The number of rotatable bonds is 4. The Kier molecular flexibility index (Phi) is 4.77. The van der Waals surface area contributed by atoms with Gasteiger partial charge < -0.3 is 4.42 Å². The Morgan fingerprint density at radius 2 is 1.48 bits per heavy atom. The maximum atomic E-state index is 14.1. The number of benzene rings is 4. The van der Waals surface area contributed by atoms with Gasteiger partial charge in [-0.25, -0.2) is 8.96 Å². The molecule has 0 unspecified atom stereocenters. The van der Waals surface area contributed by atoms with E-state index in [-0.39, 0.29) is 11.1 Å². The number of aryl methyl sites for hydroxylation is 4. The Balaban J connectivity index is 1.60. The number of fused-ring (bicyclic) bond motifs is 3. The third kappa shape index (κ3) is 4.46. The van der Waals surface area contributed by atoms with Gasteiger partial charge in [-0.3, -0.25) is 0 Å². The van der Waals surface area contributed by atoms with E-state index in [2.05, 4.69) is 31.8 Å². The molecule has 6 rings (SSSR count). The van der Waals surface area contributed by atoms with Gasteiger partial charge in [0.15, 0.2) is 6.20 Å². The van der Waals surface area contributed by atoms with E-state index in [9.17, 15) is 4.39 Å². The quantitative estimate of drug-likeness (QED) is 0.158. The van der Waals surface area contributed by atoms with Gasteiger partial charge in [-0.05, 0) is 66.1 Å². The first-order valence-electron chi connectivity index (χ1n) is 16.4. The van der Waals surface area contributed by atoms with Gasteiger partial charge in [-0.1, -0.05) is 79.4 Å². The van der Waals surface area contributed by atoms with Crippen molar-refractivity contribution in [3.05, 3.63) is 108 Å². The molecule has 6 aromatic rings. The van der Waals surface area contributed by atoms with E-state index in [0.717, 1.165) is 27.5 Å². The normalized spacial score (nSPS) is 14.8. The lowest BCUT2D eigenvalue weighted by Crippen LogP contribution is -2.37. The van der Waals surface area contributed by atoms with Gasteiger partial charge in [0.2, 0.25) is 5.69 Å². The minimum Gasteiger partial charge on any atom is -0.455 e. The van der Waals surface area contributed by atoms with E-state index >= 15 is 0 Å². The fraction of sp³-hybridized carbons (Fsp3) is 0.194. The highest BCUT2D eigenvalue weighted by molar-refractivity contribution is 6.88. The fourth-order valence-corrected chi connectivity index (χ4v) is 6.64. The Morgan fingerprint density at radius 3 is 2.20 bits per heavy atom. The third-order valence-corrected chi connectivity index (χ3v) is 9.80. The van der Waals surface area contributed by atoms with Crippen LogP contribution in [-0.4, -0.2) is 8.07 Å². The summed E-state index contributed by atoms with van der Waals surface area (Å²) in [6.07, 6.45) is 1.55. The van der Waals surface area contributed by atoms with Gasteiger partial charge in [-0.15, -0.1) is 0 Å². The minimum absolute atomic E-state index is 0.0352. The molecule has 0 bridgehead atoms. The second kappa shape index (κ2) is 9.56. The topological polar surface area (TPSA) is 17.0 Å². The molecule has 0 spiro atoms. The number of aromatic nitrogens is 1. The first-order chi connectivity index (χ1) is 21.4. The standard InChI is InChI=1S/C36H35FNOSi/c1-22-8-15-31-30-17-12-27(37)19-34(30)39-36(31)35(22)33-20-32(24(3)21-38(33)4)29-16-11-26(18-23(29)2)25-9-13-28(14-10-25)40(5,6)7/h8-21H,1-7H3/q+1/i2D3,3D3. The van der Waals surface area contributed by atoms with Crippen LogP contribution in [0.4, 0.5) is 4.39 Å². The van der Waals surface area contributed by atoms with Crippen LogP contribution < -0.4 is 9.75 Å². The molecule has 0 N–H and O–H groups in total. The lowest BCUT2D eigenvalue weighted by atomic mass is 9.92. The van der Waals surface area contributed by atoms with Gasteiger partial charge in [0.25, 0.3) is 0 Å². The molecule has 200 valence electrons. The predicted octanol–water partition coefficient (Wildman–Crippen LogP) is 9.02. The van der Waals surface area contributed by atoms with Crippen molar-refractivity contribution in [2.75, 3.05) is 0 Å². The second-order valence-electron chi connectivity index (χ2n) is 11.6. The van der Waals surface area contributed by atoms with E-state index in [1.165, 1.54) is 17.3 Å². The summed E-state index contributed by atoms with van der Waals surface area (Å²) in [5.74, 6) is -0.410. The predicted molar refractivity (Wildman–Crippen MR) is 168 cm³/mol. The largest absolute Gasteiger partial charge is 0.455 e. The smallest absolute Gasteiger partial charge is 0.216 e. The van der Waals surface area contributed by atoms with Crippen molar-refractivity contribution in [1.82, 2.24) is 0 Å². The molecular weight excluding hydrogens is 509 g/mol. The van der Waals surface area contributed by atoms with Crippen LogP contribution in [0.15, 0.2) is 89.5 Å². The summed E-state index contributed by atoms with van der Waals surface area (Å²) in [4.78, 5) is 0. The van der Waals surface area contributed by atoms with Crippen LogP contribution in [0.5, 0.6) is 0 Å². The molecule has 0 aliphatic carbocycles. The monoisotopic (exact) mass is 550 g/mol. The highest BCUT2D eigenvalue weighted by atomic mass is 28.3. The molecule has 0 atom stereocenters. The Labute approximate surface area is 245 Å². The number of furan rings is 1. The number of halogens is 1. The maximum Gasteiger partial charge on any atom is 0.216 e. The van der Waals surface area contributed by atoms with Crippen molar-refractivity contribution in [1.29, 1.82) is 0 Å². The van der Waals surface area contributed by atoms with Crippen molar-refractivity contribution < 1.29 is 21.6 Å². The van der Waals surface area contributed by atoms with Crippen LogP contribution in [0.2, 0.25) is 19.6 Å². The number of hydrogen-bond acceptors (Lipinski definition) is 1. The van der Waals surface area contributed by atoms with E-state index < -0.39 is 27.6 Å². The van der Waals surface area contributed by atoms with Crippen LogP contribution in [-0.2, 0) is 7.05 Å². The molecule has 0 amide bonds. The van der Waals surface area contributed by atoms with E-state index in [1.807, 2.05) is 37.3 Å². The lowest BCUT2D eigenvalue weighted by molar-refractivity contribution is -0.660. The molecule has 2 aromatic heterocycles. The van der Waals surface area contributed by atoms with Crippen molar-refractivity contribution in [2.24, 2.45) is 7.05 Å². The lowest BCUT2D eigenvalue weighted by Gasteiger charge is -2.17. The van der Waals surface area contributed by atoms with Crippen molar-refractivity contribution >= 4 is 35.2 Å². The van der Waals surface area contributed by atoms with Crippen LogP contribution in [0.25, 0.3) is 55.4 Å². The summed E-state index contributed by atoms with van der Waals surface area (Å²) in [5, 5.41) is 2.86. The second-order valence-corrected chi connectivity index (χ2v) is 16.6. The van der Waals surface area contributed by atoms with E-state index in [1.54, 1.807) is 42.1 Å². The maximum absolute atomic E-state index is 14.1. The summed E-state index contributed by atoms with van der Waals surface area (Å²) >= 11 is 0. The molecule has 2 heterocycles. The first-order valence-corrected chi connectivity index (χ1v) is 16.9. The highest BCUT2D eigenvalue weighted by Crippen LogP contribution is 2.39. The molecular formula is C36H35FNOSi+. The zero-order chi connectivity index (χ0) is 33.3. The molecule has 2 nitrogen and oxygen atoms in total. The minimum atomic E-state index is -2.53. The summed E-state index contributed by atoms with van der Waals surface area (Å²) in [6.45, 7) is 3.70. The van der Waals surface area contributed by atoms with Gasteiger partial charge >= 0.3 is 0 Å². The Bertz CT molecular complexity index is 2140. The fourth-order valence-electron chi connectivity index (χ4n) is 5.47. The first kappa shape index (κ1) is 19.9. The Morgan fingerprint density at radius 1 is 0.750 bits per heavy atom. The highest BCUT2D eigenvalue weighted by Gasteiger charge is 2.23. The molecule has 0 aliphatic heterocycles. The number of hydrogen-bond donors (Lipinski definition) is 0. The Hall–Kier alpha value is -4.02. The SMILES string of the molecule is [2H]C([2H])([2H])c1cc(-c2ccc([Si](C)(C)C)cc2)ccc1-c1cc(-c2c(C)ccc3c2oc2cc(F)ccc23)[n+](C)cc1C([2H])([2H])[2H]. The van der Waals surface area contributed by atoms with Crippen LogP contribution >= 0.6 is 0 Å². The van der Waals surface area contributed by atoms with Crippen LogP contribution in [0.3, 0.4) is 0 Å². The summed E-state index contributed by atoms with van der Waals surface area (Å²) in [5.41, 5.74) is 5.51. The molecule has 0 aliphatic rings. The zero-order valence-electron chi connectivity index (χ0n) is 29.3. The van der Waals surface area contributed by atoms with Crippen molar-refractivity contribution in [3.63, 3.8) is 0 Å². The molecule has 0 radical (unpaired) electrons. The van der Waals surface area contributed by atoms with Crippen molar-refractivity contribution in [2.45, 2.75) is 40.3 Å². The summed E-state index contributed by atoms with van der Waals surface area (Å²) in [7, 11) is 0.241. The zero-order valence-corrected chi connectivity index (χ0v) is 24.3. The third-order valence-electron chi connectivity index (χ3n) is 7.74. The van der Waals surface area contributed by atoms with Gasteiger partial charge in [0.1, 0.15) is 24.0 Å². The average Bonchev–Trinajstić information content (AvgIpc) is 3.33. The average molecular weight is 551 g/mol. The van der Waals surface area contributed by atoms with Gasteiger partial charge in [-0.2, -0.15) is 0 Å². The summed E-state index contributed by atoms with van der Waals surface area (Å²) < 4.78 is 72.7. The van der Waals surface area contributed by atoms with Crippen LogP contribution in [0.1, 0.15) is 24.9 Å². The van der Waals surface area contributed by atoms with Crippen molar-refractivity contribution in [3.8, 4) is 33.5 Å². The molecule has 4 heteroatoms. The van der Waals surface area contributed by atoms with E-state index in [0.29, 0.717) is 33.6 Å². The van der Waals surface area contributed by atoms with Crippen LogP contribution in [0, 0.1) is 26.4 Å².